The molecule has 7 atom stereocenters. The second-order valence-corrected chi connectivity index (χ2v) is 23.7. The number of aromatic hydroxyl groups is 1. The highest BCUT2D eigenvalue weighted by Crippen LogP contribution is 2.23. The quantitative estimate of drug-likeness (QED) is 0.0257. The number of aryl methyl sites for hydroxylation is 1. The second kappa shape index (κ2) is 35.4. The van der Waals surface area contributed by atoms with Gasteiger partial charge in [0, 0.05) is 57.8 Å². The number of carbonyl (C=O) groups is 9. The molecule has 484 valence electrons. The molecule has 2 heterocycles. The molecule has 1 aromatic heterocycles. The normalized spacial score (nSPS) is 15.0. The summed E-state index contributed by atoms with van der Waals surface area (Å²) in [4.78, 5) is 134. The van der Waals surface area contributed by atoms with Gasteiger partial charge >= 0.3 is 0 Å². The first-order chi connectivity index (χ1) is 43.1. The van der Waals surface area contributed by atoms with Crippen molar-refractivity contribution in [1.29, 1.82) is 0 Å². The van der Waals surface area contributed by atoms with Crippen LogP contribution < -0.4 is 43.0 Å². The zero-order chi connectivity index (χ0) is 65.3. The van der Waals surface area contributed by atoms with E-state index in [1.807, 2.05) is 70.2 Å². The summed E-state index contributed by atoms with van der Waals surface area (Å²) in [6.45, 7) is 7.87. The van der Waals surface area contributed by atoms with Gasteiger partial charge in [0.25, 0.3) is 5.91 Å². The minimum atomic E-state index is -1.68. The van der Waals surface area contributed by atoms with Crippen molar-refractivity contribution in [2.24, 2.45) is 11.7 Å². The Hall–Kier alpha value is -8.83. The van der Waals surface area contributed by atoms with Gasteiger partial charge in [-0.25, -0.2) is 4.39 Å². The average molecular weight is 1240 g/mol. The van der Waals surface area contributed by atoms with Crippen LogP contribution in [0.25, 0.3) is 10.8 Å². The SMILES string of the molecule is CC(C)C[C@H](NC(=O)[C@@H](CCCCNC(=O)c1cccnc1)NC(=O)[C@H](Cc1ccc(O)cc1)N(C)C(=O)[C@H](CO)NC(=O)[C@H](Cc1cccc2ccccc12)NC(=O)CCc1ccc(F)cc1)C(=O)N[C@@H](CCCCNC(C)C)C(=O)N1CCC[C@@H]1C(N)=O. The summed E-state index contributed by atoms with van der Waals surface area (Å²) in [6.07, 6.45) is 5.84. The Balaban J connectivity index is 1.26. The number of hydrogen-bond acceptors (Lipinski definition) is 13. The maximum absolute atomic E-state index is 15.1. The molecule has 4 aromatic carbocycles. The fourth-order valence-electron chi connectivity index (χ4n) is 10.9. The standard InChI is InChI=1S/C67H88FN11O11/c1-42(2)37-54(63(86)75-53(21-9-10-34-71-43(3)4)67(90)79-36-14-22-57(79)60(69)83)76-62(85)52(20-8-11-35-72-61(84)48-18-13-33-70-40-48)74-65(88)58(38-45-25-30-50(81)31-26-45)78(5)66(89)56(41-80)77-64(87)55(39-47-17-12-16-46-15-6-7-19-51(46)47)73-59(82)32-27-44-23-28-49(68)29-24-44/h6-7,12-13,15-19,23-26,28-31,33,40,42-43,52-58,71,80-81H,8-11,14,20-22,27,32,34-39,41H2,1-5H3,(H2,69,83)(H,72,84)(H,73,82)(H,74,88)(H,75,86)(H,76,85)(H,77,87)/t52-,53+,54+,55+,56+,57-,58+/m1/s1. The number of fused-ring (bicyclic) bond motifs is 1. The van der Waals surface area contributed by atoms with Gasteiger partial charge in [-0.3, -0.25) is 48.1 Å². The maximum atomic E-state index is 15.1. The number of pyridine rings is 1. The lowest BCUT2D eigenvalue weighted by molar-refractivity contribution is -0.144. The molecule has 23 heteroatoms. The van der Waals surface area contributed by atoms with Crippen LogP contribution in [-0.4, -0.2) is 160 Å². The molecule has 0 spiro atoms. The lowest BCUT2D eigenvalue weighted by atomic mass is 9.97. The number of phenolic OH excluding ortho intramolecular Hbond substituents is 1. The number of aliphatic hydroxyl groups is 1. The van der Waals surface area contributed by atoms with Crippen molar-refractivity contribution in [3.05, 3.63) is 144 Å². The van der Waals surface area contributed by atoms with Crippen molar-refractivity contribution in [3.63, 3.8) is 0 Å². The van der Waals surface area contributed by atoms with E-state index in [4.69, 9.17) is 5.73 Å². The Morgan fingerprint density at radius 3 is 2.00 bits per heavy atom. The van der Waals surface area contributed by atoms with E-state index in [2.05, 4.69) is 42.2 Å². The molecule has 1 aliphatic rings. The van der Waals surface area contributed by atoms with E-state index in [1.54, 1.807) is 24.3 Å². The number of primary amides is 1. The second-order valence-electron chi connectivity index (χ2n) is 23.7. The number of aliphatic hydroxyl groups excluding tert-OH is 1. The lowest BCUT2D eigenvalue weighted by Crippen LogP contribution is -2.61. The summed E-state index contributed by atoms with van der Waals surface area (Å²) in [7, 11) is 1.29. The number of aromatic nitrogens is 1. The Kier molecular flexibility index (Phi) is 27.6. The molecule has 0 aliphatic carbocycles. The summed E-state index contributed by atoms with van der Waals surface area (Å²) in [5, 5.41) is 42.9. The van der Waals surface area contributed by atoms with E-state index in [-0.39, 0.29) is 88.1 Å². The molecule has 11 N–H and O–H groups in total. The monoisotopic (exact) mass is 1240 g/mol. The van der Waals surface area contributed by atoms with Crippen LogP contribution in [0.15, 0.2) is 116 Å². The van der Waals surface area contributed by atoms with Crippen molar-refractivity contribution < 1.29 is 57.8 Å². The lowest BCUT2D eigenvalue weighted by Gasteiger charge is -2.32. The first kappa shape index (κ1) is 70.3. The number of amides is 9. The van der Waals surface area contributed by atoms with E-state index < -0.39 is 102 Å². The third kappa shape index (κ3) is 21.7. The third-order valence-electron chi connectivity index (χ3n) is 15.8. The summed E-state index contributed by atoms with van der Waals surface area (Å²) >= 11 is 0. The zero-order valence-electron chi connectivity index (χ0n) is 52.1. The number of nitrogens with two attached hydrogens (primary N) is 1. The smallest absolute Gasteiger partial charge is 0.252 e. The largest absolute Gasteiger partial charge is 0.508 e. The topological polar surface area (TPSA) is 324 Å². The number of rotatable bonds is 35. The van der Waals surface area contributed by atoms with Crippen LogP contribution in [0.4, 0.5) is 4.39 Å². The van der Waals surface area contributed by atoms with Crippen molar-refractivity contribution in [2.75, 3.05) is 33.3 Å². The number of nitrogens with one attached hydrogen (secondary N) is 7. The van der Waals surface area contributed by atoms with Crippen LogP contribution in [0.3, 0.4) is 0 Å². The van der Waals surface area contributed by atoms with Gasteiger partial charge in [-0.05, 0) is 141 Å². The van der Waals surface area contributed by atoms with Gasteiger partial charge in [0.05, 0.1) is 12.2 Å². The average Bonchev–Trinajstić information content (AvgIpc) is 1.76. The molecule has 0 bridgehead atoms. The van der Waals surface area contributed by atoms with Crippen LogP contribution >= 0.6 is 0 Å². The molecule has 0 saturated carbocycles. The van der Waals surface area contributed by atoms with Crippen LogP contribution in [-0.2, 0) is 57.6 Å². The Morgan fingerprint density at radius 2 is 1.32 bits per heavy atom. The number of halogens is 1. The van der Waals surface area contributed by atoms with Gasteiger partial charge in [0.1, 0.15) is 53.9 Å². The number of unbranched alkanes of at least 4 members (excludes halogenated alkanes) is 2. The molecular formula is C67H88FN11O11. The van der Waals surface area contributed by atoms with Crippen LogP contribution in [0.5, 0.6) is 5.75 Å². The fraction of sp³-hybridized carbons (Fsp3) is 0.463. The van der Waals surface area contributed by atoms with Gasteiger partial charge in [0.2, 0.25) is 47.3 Å². The molecule has 90 heavy (non-hydrogen) atoms. The summed E-state index contributed by atoms with van der Waals surface area (Å²) in [6, 6.07) is 19.0. The highest BCUT2D eigenvalue weighted by Gasteiger charge is 2.39. The van der Waals surface area contributed by atoms with Crippen LogP contribution in [0.2, 0.25) is 0 Å². The molecule has 6 rings (SSSR count). The zero-order valence-corrected chi connectivity index (χ0v) is 52.1. The van der Waals surface area contributed by atoms with Gasteiger partial charge in [-0.1, -0.05) is 94.4 Å². The number of hydrogen-bond donors (Lipinski definition) is 10. The van der Waals surface area contributed by atoms with Gasteiger partial charge in [0.15, 0.2) is 0 Å². The molecule has 1 fully saturated rings. The van der Waals surface area contributed by atoms with Gasteiger partial charge in [-0.15, -0.1) is 0 Å². The molecule has 1 aliphatic heterocycles. The predicted molar refractivity (Wildman–Crippen MR) is 338 cm³/mol. The van der Waals surface area contributed by atoms with Crippen LogP contribution in [0.1, 0.15) is 119 Å². The maximum Gasteiger partial charge on any atom is 0.252 e. The minimum absolute atomic E-state index is 0.0330. The number of phenols is 1. The number of likely N-dealkylation sites (N-methyl/N-ethyl adjacent to an activating group) is 1. The molecule has 22 nitrogen and oxygen atoms in total. The van der Waals surface area contributed by atoms with Crippen molar-refractivity contribution >= 4 is 63.9 Å². The summed E-state index contributed by atoms with van der Waals surface area (Å²) in [5.74, 6) is -6.79. The molecular weight excluding hydrogens is 1150 g/mol. The first-order valence-corrected chi connectivity index (χ1v) is 31.0. The Labute approximate surface area is 525 Å². The molecule has 1 saturated heterocycles. The minimum Gasteiger partial charge on any atom is -0.508 e. The number of nitrogens with zero attached hydrogens (tertiary/aromatic N) is 3. The Morgan fingerprint density at radius 1 is 0.689 bits per heavy atom. The van der Waals surface area contributed by atoms with Crippen molar-refractivity contribution in [3.8, 4) is 5.75 Å². The number of carbonyl (C=O) groups excluding carboxylic acids is 9. The first-order valence-electron chi connectivity index (χ1n) is 31.0. The third-order valence-corrected chi connectivity index (χ3v) is 15.8. The highest BCUT2D eigenvalue weighted by molar-refractivity contribution is 5.98. The summed E-state index contributed by atoms with van der Waals surface area (Å²) in [5.41, 5.74) is 7.90. The van der Waals surface area contributed by atoms with Crippen LogP contribution in [0, 0.1) is 11.7 Å². The van der Waals surface area contributed by atoms with E-state index in [1.165, 1.54) is 60.7 Å². The fourth-order valence-corrected chi connectivity index (χ4v) is 10.9. The summed E-state index contributed by atoms with van der Waals surface area (Å²) < 4.78 is 13.7. The van der Waals surface area contributed by atoms with E-state index in [0.29, 0.717) is 60.9 Å². The molecule has 5 aromatic rings. The number of benzene rings is 4. The van der Waals surface area contributed by atoms with Gasteiger partial charge < -0.3 is 63.0 Å². The van der Waals surface area contributed by atoms with E-state index >= 15 is 4.79 Å². The van der Waals surface area contributed by atoms with E-state index in [9.17, 15) is 53.0 Å². The predicted octanol–water partition coefficient (Wildman–Crippen LogP) is 4.03. The molecule has 9 amide bonds. The van der Waals surface area contributed by atoms with E-state index in [0.717, 1.165) is 15.7 Å². The molecule has 0 radical (unpaired) electrons. The van der Waals surface area contributed by atoms with Crippen molar-refractivity contribution in [2.45, 2.75) is 160 Å². The Bertz CT molecular complexity index is 3200. The van der Waals surface area contributed by atoms with Gasteiger partial charge in [-0.2, -0.15) is 0 Å². The highest BCUT2D eigenvalue weighted by atomic mass is 19.1. The molecule has 0 unspecified atom stereocenters. The number of likely N-dealkylation sites (tertiary alicyclic amines) is 1. The van der Waals surface area contributed by atoms with Crippen molar-refractivity contribution in [1.82, 2.24) is 52.0 Å².